The van der Waals surface area contributed by atoms with E-state index < -0.39 is 24.4 Å². The third-order valence-corrected chi connectivity index (χ3v) is 4.59. The van der Waals surface area contributed by atoms with Crippen molar-refractivity contribution in [2.45, 2.75) is 6.92 Å². The van der Waals surface area contributed by atoms with Gasteiger partial charge in [-0.1, -0.05) is 35.4 Å². The molecule has 0 spiro atoms. The summed E-state index contributed by atoms with van der Waals surface area (Å²) in [6.45, 7) is 1.38. The maximum atomic E-state index is 13.0. The van der Waals surface area contributed by atoms with Crippen molar-refractivity contribution in [3.05, 3.63) is 64.2 Å². The second-order valence-electron chi connectivity index (χ2n) is 6.17. The summed E-state index contributed by atoms with van der Waals surface area (Å²) in [4.78, 5) is 37.1. The number of rotatable bonds is 5. The largest absolute Gasteiger partial charge is 0.480 e. The first-order chi connectivity index (χ1) is 13.8. The van der Waals surface area contributed by atoms with E-state index in [1.165, 1.54) is 23.1 Å². The fraction of sp³-hybridized carbons (Fsp3) is 0.100. The number of nitrogens with zero attached hydrogens (tertiary/aromatic N) is 1. The summed E-state index contributed by atoms with van der Waals surface area (Å²) in [6.07, 6.45) is 1.38. The van der Waals surface area contributed by atoms with Crippen molar-refractivity contribution >= 4 is 58.5 Å². The summed E-state index contributed by atoms with van der Waals surface area (Å²) in [7, 11) is 0. The molecule has 0 unspecified atom stereocenters. The van der Waals surface area contributed by atoms with Crippen molar-refractivity contribution in [2.24, 2.45) is 0 Å². The van der Waals surface area contributed by atoms with Crippen LogP contribution in [-0.4, -0.2) is 34.6 Å². The lowest BCUT2D eigenvalue weighted by Gasteiger charge is -2.29. The molecule has 1 aliphatic heterocycles. The highest BCUT2D eigenvalue weighted by Gasteiger charge is 2.34. The van der Waals surface area contributed by atoms with Crippen LogP contribution < -0.4 is 15.0 Å². The minimum absolute atomic E-state index is 0.00328. The average molecular weight is 431 g/mol. The molecule has 148 valence electrons. The van der Waals surface area contributed by atoms with E-state index in [0.29, 0.717) is 11.3 Å². The smallest absolute Gasteiger partial charge is 0.341 e. The van der Waals surface area contributed by atoms with E-state index in [1.54, 1.807) is 18.2 Å². The van der Waals surface area contributed by atoms with Crippen molar-refractivity contribution in [1.82, 2.24) is 5.32 Å². The molecule has 29 heavy (non-hydrogen) atoms. The summed E-state index contributed by atoms with van der Waals surface area (Å²) in [5.74, 6) is -2.14. The normalized spacial score (nSPS) is 15.4. The number of ether oxygens (including phenoxy) is 1. The Hall–Kier alpha value is -3.23. The second-order valence-corrected chi connectivity index (χ2v) is 6.96. The molecule has 0 atom stereocenters. The van der Waals surface area contributed by atoms with Crippen LogP contribution in [0, 0.1) is 6.92 Å². The fourth-order valence-corrected chi connectivity index (χ4v) is 3.14. The van der Waals surface area contributed by atoms with Gasteiger partial charge in [0.15, 0.2) is 11.7 Å². The minimum atomic E-state index is -1.14. The Morgan fingerprint density at radius 1 is 1.24 bits per heavy atom. The summed E-state index contributed by atoms with van der Waals surface area (Å²) in [5, 5.41) is 11.3. The maximum absolute atomic E-state index is 13.0. The molecule has 0 aliphatic carbocycles. The molecule has 0 saturated carbocycles. The number of carbonyl (C=O) groups is 3. The molecule has 1 heterocycles. The molecule has 1 fully saturated rings. The fourth-order valence-electron chi connectivity index (χ4n) is 2.62. The number of nitrogens with one attached hydrogen (secondary N) is 1. The van der Waals surface area contributed by atoms with E-state index in [4.69, 9.17) is 33.7 Å². The van der Waals surface area contributed by atoms with Crippen LogP contribution in [0.1, 0.15) is 11.1 Å². The zero-order chi connectivity index (χ0) is 21.1. The Kier molecular flexibility index (Phi) is 5.95. The predicted molar refractivity (Wildman–Crippen MR) is 112 cm³/mol. The van der Waals surface area contributed by atoms with Gasteiger partial charge >= 0.3 is 5.97 Å². The van der Waals surface area contributed by atoms with Gasteiger partial charge in [0.05, 0.1) is 10.7 Å². The van der Waals surface area contributed by atoms with E-state index in [0.717, 1.165) is 5.56 Å². The summed E-state index contributed by atoms with van der Waals surface area (Å²) in [5.41, 5.74) is 1.90. The van der Waals surface area contributed by atoms with E-state index in [2.05, 4.69) is 5.32 Å². The van der Waals surface area contributed by atoms with Gasteiger partial charge < -0.3 is 9.84 Å². The lowest BCUT2D eigenvalue weighted by molar-refractivity contribution is -0.139. The molecule has 9 heteroatoms. The van der Waals surface area contributed by atoms with Gasteiger partial charge in [-0.15, -0.1) is 0 Å². The Morgan fingerprint density at radius 3 is 2.55 bits per heavy atom. The van der Waals surface area contributed by atoms with Gasteiger partial charge in [0.2, 0.25) is 0 Å². The van der Waals surface area contributed by atoms with E-state index in [1.807, 2.05) is 19.1 Å². The van der Waals surface area contributed by atoms with Crippen LogP contribution in [0.25, 0.3) is 6.08 Å². The van der Waals surface area contributed by atoms with Crippen LogP contribution in [0.3, 0.4) is 0 Å². The topological polar surface area (TPSA) is 95.9 Å². The molecule has 0 aromatic heterocycles. The lowest BCUT2D eigenvalue weighted by atomic mass is 10.1. The number of aliphatic carboxylic acids is 1. The number of hydrogen-bond acceptors (Lipinski definition) is 5. The third-order valence-electron chi connectivity index (χ3n) is 4.01. The predicted octanol–water partition coefficient (Wildman–Crippen LogP) is 2.94. The number of benzene rings is 2. The zero-order valence-electron chi connectivity index (χ0n) is 15.1. The molecule has 2 amide bonds. The van der Waals surface area contributed by atoms with Crippen molar-refractivity contribution < 1.29 is 24.2 Å². The highest BCUT2D eigenvalue weighted by atomic mass is 35.5. The molecule has 1 saturated heterocycles. The first-order valence-corrected chi connectivity index (χ1v) is 9.17. The summed E-state index contributed by atoms with van der Waals surface area (Å²) >= 11 is 11.3. The van der Waals surface area contributed by atoms with Crippen LogP contribution in [-0.2, 0) is 14.4 Å². The van der Waals surface area contributed by atoms with Gasteiger partial charge in [-0.05, 0) is 55.0 Å². The number of hydrogen-bond donors (Lipinski definition) is 2. The first-order valence-electron chi connectivity index (χ1n) is 8.38. The van der Waals surface area contributed by atoms with Crippen LogP contribution in [0.2, 0.25) is 5.02 Å². The highest BCUT2D eigenvalue weighted by Crippen LogP contribution is 2.28. The molecular formula is C20H15ClN2O5S. The Balaban J connectivity index is 1.91. The molecule has 2 N–H and O–H groups in total. The van der Waals surface area contributed by atoms with Crippen molar-refractivity contribution in [2.75, 3.05) is 11.5 Å². The number of anilines is 1. The maximum Gasteiger partial charge on any atom is 0.341 e. The summed E-state index contributed by atoms with van der Waals surface area (Å²) in [6, 6.07) is 11.6. The van der Waals surface area contributed by atoms with Gasteiger partial charge in [-0.3, -0.25) is 19.8 Å². The molecule has 0 radical (unpaired) electrons. The minimum Gasteiger partial charge on any atom is -0.480 e. The first kappa shape index (κ1) is 20.5. The average Bonchev–Trinajstić information content (AvgIpc) is 2.65. The molecule has 2 aromatic carbocycles. The number of thiocarbonyl (C=S) groups is 1. The lowest BCUT2D eigenvalue weighted by Crippen LogP contribution is -2.54. The van der Waals surface area contributed by atoms with Gasteiger partial charge in [0, 0.05) is 0 Å². The standard InChI is InChI=1S/C20H15ClN2O5S/c1-11-2-5-13(6-3-11)23-19(27)14(18(26)22-20(23)29)8-12-4-7-16(15(21)9-12)28-10-17(24)25/h2-9H,10H2,1H3,(H,24,25)(H,22,26,29)/b14-8-. The van der Waals surface area contributed by atoms with E-state index >= 15 is 0 Å². The SMILES string of the molecule is Cc1ccc(N2C(=O)/C(=C\c3ccc(OCC(=O)O)c(Cl)c3)C(=O)NC2=S)cc1. The highest BCUT2D eigenvalue weighted by molar-refractivity contribution is 7.80. The van der Waals surface area contributed by atoms with Gasteiger partial charge in [-0.2, -0.15) is 0 Å². The molecule has 0 bridgehead atoms. The molecular weight excluding hydrogens is 416 g/mol. The molecule has 2 aromatic rings. The Labute approximate surface area is 176 Å². The van der Waals surface area contributed by atoms with Crippen LogP contribution in [0.15, 0.2) is 48.0 Å². The van der Waals surface area contributed by atoms with Crippen molar-refractivity contribution in [3.8, 4) is 5.75 Å². The van der Waals surface area contributed by atoms with Crippen LogP contribution in [0.5, 0.6) is 5.75 Å². The van der Waals surface area contributed by atoms with Gasteiger partial charge in [0.1, 0.15) is 11.3 Å². The van der Waals surface area contributed by atoms with Gasteiger partial charge in [0.25, 0.3) is 11.8 Å². The Bertz CT molecular complexity index is 1050. The quantitative estimate of drug-likeness (QED) is 0.430. The van der Waals surface area contributed by atoms with Crippen molar-refractivity contribution in [1.29, 1.82) is 0 Å². The number of carbonyl (C=O) groups excluding carboxylic acids is 2. The third kappa shape index (κ3) is 4.61. The number of amides is 2. The summed E-state index contributed by atoms with van der Waals surface area (Å²) < 4.78 is 5.06. The Morgan fingerprint density at radius 2 is 1.93 bits per heavy atom. The monoisotopic (exact) mass is 430 g/mol. The van der Waals surface area contributed by atoms with Crippen LogP contribution in [0.4, 0.5) is 5.69 Å². The number of carboxylic acids is 1. The molecule has 1 aliphatic rings. The number of carboxylic acid groups (broad SMARTS) is 1. The number of aryl methyl sites for hydroxylation is 1. The zero-order valence-corrected chi connectivity index (χ0v) is 16.7. The molecule has 7 nitrogen and oxygen atoms in total. The van der Waals surface area contributed by atoms with E-state index in [9.17, 15) is 14.4 Å². The number of halogens is 1. The van der Waals surface area contributed by atoms with Crippen LogP contribution >= 0.6 is 23.8 Å². The molecule has 3 rings (SSSR count). The second kappa shape index (κ2) is 8.42. The van der Waals surface area contributed by atoms with Crippen molar-refractivity contribution in [3.63, 3.8) is 0 Å². The van der Waals surface area contributed by atoms with Gasteiger partial charge in [-0.25, -0.2) is 4.79 Å². The van der Waals surface area contributed by atoms with E-state index in [-0.39, 0.29) is 21.5 Å².